The summed E-state index contributed by atoms with van der Waals surface area (Å²) in [7, 11) is -3.54. The molecule has 0 radical (unpaired) electrons. The first-order chi connectivity index (χ1) is 8.28. The number of carbonyl (C=O) groups excluding carboxylic acids is 1. The minimum atomic E-state index is -3.54. The molecule has 1 amide bonds. The zero-order valence-electron chi connectivity index (χ0n) is 10.5. The first kappa shape index (κ1) is 12.9. The molecule has 1 N–H and O–H groups in total. The van der Waals surface area contributed by atoms with Gasteiger partial charge in [-0.25, -0.2) is 8.42 Å². The predicted molar refractivity (Wildman–Crippen MR) is 67.1 cm³/mol. The van der Waals surface area contributed by atoms with Crippen LogP contribution in [0.3, 0.4) is 0 Å². The summed E-state index contributed by atoms with van der Waals surface area (Å²) in [5.74, 6) is -0.444. The fourth-order valence-corrected chi connectivity index (χ4v) is 2.45. The summed E-state index contributed by atoms with van der Waals surface area (Å²) in [5.41, 5.74) is 2.88. The van der Waals surface area contributed by atoms with Gasteiger partial charge in [0.05, 0.1) is 6.26 Å². The Balaban J connectivity index is 2.32. The Kier molecular flexibility index (Phi) is 3.06. The van der Waals surface area contributed by atoms with E-state index in [4.69, 9.17) is 4.74 Å². The summed E-state index contributed by atoms with van der Waals surface area (Å²) in [6.45, 7) is 4.09. The Bertz CT molecular complexity index is 607. The Morgan fingerprint density at radius 1 is 1.33 bits per heavy atom. The van der Waals surface area contributed by atoms with Crippen LogP contribution >= 0.6 is 0 Å². The molecule has 1 heterocycles. The highest BCUT2D eigenvalue weighted by Gasteiger charge is 2.32. The molecule has 0 fully saturated rings. The average molecular weight is 269 g/mol. The number of fused-ring (bicyclic) bond motifs is 1. The van der Waals surface area contributed by atoms with Gasteiger partial charge in [-0.05, 0) is 31.0 Å². The Morgan fingerprint density at radius 2 is 1.94 bits per heavy atom. The largest absolute Gasteiger partial charge is 0.492 e. The number of nitrogens with one attached hydrogen (secondary N) is 1. The standard InChI is InChI=1S/C12H15NO4S/c1-7-4-9-10(12(14)13-18(3,15)16)6-17-11(9)5-8(7)2/h4-5,10H,6H2,1-3H3,(H,13,14). The number of sulfonamides is 1. The normalized spacial score (nSPS) is 18.1. The molecule has 1 unspecified atom stereocenters. The lowest BCUT2D eigenvalue weighted by Crippen LogP contribution is -2.34. The van der Waals surface area contributed by atoms with Crippen molar-refractivity contribution < 1.29 is 17.9 Å². The van der Waals surface area contributed by atoms with Gasteiger partial charge < -0.3 is 4.74 Å². The molecule has 1 aliphatic heterocycles. The number of amides is 1. The predicted octanol–water partition coefficient (Wildman–Crippen LogP) is 0.855. The number of carbonyl (C=O) groups is 1. The van der Waals surface area contributed by atoms with E-state index in [1.165, 1.54) is 0 Å². The van der Waals surface area contributed by atoms with Crippen molar-refractivity contribution in [3.05, 3.63) is 28.8 Å². The summed E-state index contributed by atoms with van der Waals surface area (Å²) in [4.78, 5) is 11.8. The zero-order valence-corrected chi connectivity index (χ0v) is 11.3. The second-order valence-corrected chi connectivity index (χ2v) is 6.32. The molecule has 6 heteroatoms. The smallest absolute Gasteiger partial charge is 0.244 e. The van der Waals surface area contributed by atoms with E-state index in [1.807, 2.05) is 30.7 Å². The maximum Gasteiger partial charge on any atom is 0.244 e. The molecule has 98 valence electrons. The Morgan fingerprint density at radius 3 is 2.56 bits per heavy atom. The van der Waals surface area contributed by atoms with Crippen molar-refractivity contribution in [3.63, 3.8) is 0 Å². The third-order valence-electron chi connectivity index (χ3n) is 3.01. The minimum Gasteiger partial charge on any atom is -0.492 e. The van der Waals surface area contributed by atoms with E-state index >= 15 is 0 Å². The molecule has 5 nitrogen and oxygen atoms in total. The molecule has 0 saturated heterocycles. The molecule has 0 bridgehead atoms. The SMILES string of the molecule is Cc1cc2c(cc1C)C(C(=O)NS(C)(=O)=O)CO2. The lowest BCUT2D eigenvalue weighted by molar-refractivity contribution is -0.120. The van der Waals surface area contributed by atoms with E-state index in [2.05, 4.69) is 0 Å². The number of hydrogen-bond donors (Lipinski definition) is 1. The number of rotatable bonds is 2. The monoisotopic (exact) mass is 269 g/mol. The van der Waals surface area contributed by atoms with Crippen LogP contribution in [0.4, 0.5) is 0 Å². The number of hydrogen-bond acceptors (Lipinski definition) is 4. The van der Waals surface area contributed by atoms with Crippen molar-refractivity contribution in [1.82, 2.24) is 4.72 Å². The van der Waals surface area contributed by atoms with Gasteiger partial charge in [-0.2, -0.15) is 0 Å². The second kappa shape index (κ2) is 4.28. The van der Waals surface area contributed by atoms with Gasteiger partial charge in [0.1, 0.15) is 18.3 Å². The van der Waals surface area contributed by atoms with Gasteiger partial charge in [0.15, 0.2) is 0 Å². The number of ether oxygens (including phenoxy) is 1. The van der Waals surface area contributed by atoms with Crippen LogP contribution in [0, 0.1) is 13.8 Å². The van der Waals surface area contributed by atoms with Crippen LogP contribution in [0.2, 0.25) is 0 Å². The third kappa shape index (κ3) is 2.48. The van der Waals surface area contributed by atoms with Crippen molar-refractivity contribution in [2.75, 3.05) is 12.9 Å². The van der Waals surface area contributed by atoms with E-state index in [9.17, 15) is 13.2 Å². The lowest BCUT2D eigenvalue weighted by Gasteiger charge is -2.09. The quantitative estimate of drug-likeness (QED) is 0.864. The molecule has 0 aliphatic carbocycles. The van der Waals surface area contributed by atoms with Crippen LogP contribution in [0.1, 0.15) is 22.6 Å². The van der Waals surface area contributed by atoms with Crippen LogP contribution in [-0.4, -0.2) is 27.2 Å². The van der Waals surface area contributed by atoms with Crippen LogP contribution < -0.4 is 9.46 Å². The van der Waals surface area contributed by atoms with Crippen molar-refractivity contribution in [1.29, 1.82) is 0 Å². The first-order valence-corrected chi connectivity index (χ1v) is 7.42. The summed E-state index contributed by atoms with van der Waals surface area (Å²) in [6.07, 6.45) is 0.960. The van der Waals surface area contributed by atoms with E-state index in [1.54, 1.807) is 0 Å². The summed E-state index contributed by atoms with van der Waals surface area (Å²) >= 11 is 0. The third-order valence-corrected chi connectivity index (χ3v) is 3.58. The van der Waals surface area contributed by atoms with Crippen molar-refractivity contribution >= 4 is 15.9 Å². The van der Waals surface area contributed by atoms with Gasteiger partial charge in [0.25, 0.3) is 0 Å². The van der Waals surface area contributed by atoms with Crippen molar-refractivity contribution in [2.45, 2.75) is 19.8 Å². The zero-order chi connectivity index (χ0) is 13.5. The molecule has 1 aromatic rings. The van der Waals surface area contributed by atoms with Gasteiger partial charge in [-0.3, -0.25) is 9.52 Å². The molecule has 1 aliphatic rings. The van der Waals surface area contributed by atoms with Gasteiger partial charge in [0, 0.05) is 5.56 Å². The highest BCUT2D eigenvalue weighted by atomic mass is 32.2. The molecule has 0 saturated carbocycles. The first-order valence-electron chi connectivity index (χ1n) is 5.53. The molecule has 2 rings (SSSR count). The van der Waals surface area contributed by atoms with Gasteiger partial charge in [-0.15, -0.1) is 0 Å². The fraction of sp³-hybridized carbons (Fsp3) is 0.417. The Hall–Kier alpha value is -1.56. The van der Waals surface area contributed by atoms with Gasteiger partial charge in [0.2, 0.25) is 15.9 Å². The van der Waals surface area contributed by atoms with Crippen LogP contribution in [-0.2, 0) is 14.8 Å². The molecule has 0 aromatic heterocycles. The minimum absolute atomic E-state index is 0.180. The number of aryl methyl sites for hydroxylation is 2. The lowest BCUT2D eigenvalue weighted by atomic mass is 9.97. The summed E-state index contributed by atoms with van der Waals surface area (Å²) in [6, 6.07) is 3.75. The fourth-order valence-electron chi connectivity index (χ4n) is 1.94. The van der Waals surface area contributed by atoms with Crippen LogP contribution in [0.25, 0.3) is 0 Å². The second-order valence-electron chi connectivity index (χ2n) is 4.58. The molecular weight excluding hydrogens is 254 g/mol. The molecule has 0 spiro atoms. The van der Waals surface area contributed by atoms with E-state index in [-0.39, 0.29) is 6.61 Å². The van der Waals surface area contributed by atoms with Gasteiger partial charge in [-0.1, -0.05) is 6.07 Å². The maximum atomic E-state index is 11.8. The summed E-state index contributed by atoms with van der Waals surface area (Å²) < 4.78 is 29.5. The topological polar surface area (TPSA) is 72.5 Å². The molecule has 1 atom stereocenters. The molecule has 18 heavy (non-hydrogen) atoms. The van der Waals surface area contributed by atoms with Gasteiger partial charge >= 0.3 is 0 Å². The summed E-state index contributed by atoms with van der Waals surface area (Å²) in [5, 5.41) is 0. The number of benzene rings is 1. The van der Waals surface area contributed by atoms with E-state index < -0.39 is 21.8 Å². The molecular formula is C12H15NO4S. The highest BCUT2D eigenvalue weighted by Crippen LogP contribution is 2.36. The average Bonchev–Trinajstić information content (AvgIpc) is 2.59. The maximum absolute atomic E-state index is 11.8. The van der Waals surface area contributed by atoms with Crippen LogP contribution in [0.5, 0.6) is 5.75 Å². The van der Waals surface area contributed by atoms with Crippen LogP contribution in [0.15, 0.2) is 12.1 Å². The van der Waals surface area contributed by atoms with E-state index in [0.29, 0.717) is 5.75 Å². The van der Waals surface area contributed by atoms with Crippen molar-refractivity contribution in [2.24, 2.45) is 0 Å². The Labute approximate surface area is 106 Å². The van der Waals surface area contributed by atoms with E-state index in [0.717, 1.165) is 22.9 Å². The molecule has 1 aromatic carbocycles. The van der Waals surface area contributed by atoms with Crippen molar-refractivity contribution in [3.8, 4) is 5.75 Å². The highest BCUT2D eigenvalue weighted by molar-refractivity contribution is 7.89.